The zero-order valence-electron chi connectivity index (χ0n) is 10.9. The van der Waals surface area contributed by atoms with E-state index in [0.717, 1.165) is 5.56 Å². The minimum atomic E-state index is -0.493. The van der Waals surface area contributed by atoms with E-state index in [2.05, 4.69) is 0 Å². The number of anilines is 1. The standard InChI is InChI=1S/C14H12N2O5/c15-11-3-2-10(16(17)18)6-13(11)19-7-9-1-4-12-14(5-9)21-8-20-12/h1-6H,7-8,15H2. The lowest BCUT2D eigenvalue weighted by Gasteiger charge is -2.09. The van der Waals surface area contributed by atoms with Gasteiger partial charge in [-0.05, 0) is 23.8 Å². The number of nitro benzene ring substituents is 1. The molecular formula is C14H12N2O5. The molecule has 0 radical (unpaired) electrons. The molecule has 0 aromatic heterocycles. The van der Waals surface area contributed by atoms with Gasteiger partial charge in [0.25, 0.3) is 5.69 Å². The van der Waals surface area contributed by atoms with Crippen LogP contribution in [0.3, 0.4) is 0 Å². The van der Waals surface area contributed by atoms with Gasteiger partial charge >= 0.3 is 0 Å². The number of benzene rings is 2. The molecule has 2 aromatic carbocycles. The van der Waals surface area contributed by atoms with Crippen LogP contribution in [0, 0.1) is 10.1 Å². The van der Waals surface area contributed by atoms with Crippen LogP contribution in [0.1, 0.15) is 5.56 Å². The number of ether oxygens (including phenoxy) is 3. The summed E-state index contributed by atoms with van der Waals surface area (Å²) < 4.78 is 16.0. The largest absolute Gasteiger partial charge is 0.486 e. The van der Waals surface area contributed by atoms with E-state index in [1.807, 2.05) is 6.07 Å². The fourth-order valence-electron chi connectivity index (χ4n) is 1.95. The molecule has 21 heavy (non-hydrogen) atoms. The Kier molecular flexibility index (Phi) is 3.23. The number of nitrogen functional groups attached to an aromatic ring is 1. The molecule has 0 fully saturated rings. The summed E-state index contributed by atoms with van der Waals surface area (Å²) in [5.41, 5.74) is 6.89. The Bertz CT molecular complexity index is 702. The molecule has 3 rings (SSSR count). The monoisotopic (exact) mass is 288 g/mol. The number of nitro groups is 1. The summed E-state index contributed by atoms with van der Waals surface area (Å²) in [5, 5.41) is 10.7. The van der Waals surface area contributed by atoms with Gasteiger partial charge in [0.2, 0.25) is 6.79 Å². The summed E-state index contributed by atoms with van der Waals surface area (Å²) in [4.78, 5) is 10.3. The number of fused-ring (bicyclic) bond motifs is 1. The summed E-state index contributed by atoms with van der Waals surface area (Å²) in [6.07, 6.45) is 0. The van der Waals surface area contributed by atoms with Gasteiger partial charge in [-0.15, -0.1) is 0 Å². The van der Waals surface area contributed by atoms with Crippen molar-refractivity contribution in [1.29, 1.82) is 0 Å². The Labute approximate surface area is 120 Å². The number of hydrogen-bond donors (Lipinski definition) is 1. The normalized spacial score (nSPS) is 12.2. The summed E-state index contributed by atoms with van der Waals surface area (Å²) in [5.74, 6) is 1.62. The molecule has 2 N–H and O–H groups in total. The molecule has 0 amide bonds. The van der Waals surface area contributed by atoms with Gasteiger partial charge in [-0.2, -0.15) is 0 Å². The Morgan fingerprint density at radius 1 is 1.19 bits per heavy atom. The van der Waals surface area contributed by atoms with Crippen molar-refractivity contribution < 1.29 is 19.1 Å². The minimum absolute atomic E-state index is 0.0649. The van der Waals surface area contributed by atoms with Crippen LogP contribution in [-0.4, -0.2) is 11.7 Å². The number of hydrogen-bond acceptors (Lipinski definition) is 6. The molecule has 0 spiro atoms. The zero-order chi connectivity index (χ0) is 14.8. The van der Waals surface area contributed by atoms with Crippen molar-refractivity contribution in [3.8, 4) is 17.2 Å². The maximum atomic E-state index is 10.7. The molecule has 2 aromatic rings. The van der Waals surface area contributed by atoms with Crippen molar-refractivity contribution in [2.75, 3.05) is 12.5 Å². The fraction of sp³-hybridized carbons (Fsp3) is 0.143. The van der Waals surface area contributed by atoms with Crippen LogP contribution in [0.4, 0.5) is 11.4 Å². The molecule has 7 heteroatoms. The van der Waals surface area contributed by atoms with Gasteiger partial charge in [-0.3, -0.25) is 10.1 Å². The predicted octanol–water partition coefficient (Wildman–Crippen LogP) is 2.48. The lowest BCUT2D eigenvalue weighted by atomic mass is 10.2. The summed E-state index contributed by atoms with van der Waals surface area (Å²) in [6, 6.07) is 9.52. The van der Waals surface area contributed by atoms with Crippen LogP contribution >= 0.6 is 0 Å². The van der Waals surface area contributed by atoms with Crippen molar-refractivity contribution in [3.63, 3.8) is 0 Å². The third-order valence-electron chi connectivity index (χ3n) is 3.04. The van der Waals surface area contributed by atoms with Gasteiger partial charge in [-0.1, -0.05) is 6.07 Å². The third-order valence-corrected chi connectivity index (χ3v) is 3.04. The van der Waals surface area contributed by atoms with Gasteiger partial charge in [0, 0.05) is 6.07 Å². The number of non-ortho nitro benzene ring substituents is 1. The number of nitrogens with two attached hydrogens (primary N) is 1. The van der Waals surface area contributed by atoms with Gasteiger partial charge in [0.15, 0.2) is 11.5 Å². The van der Waals surface area contributed by atoms with Gasteiger partial charge in [-0.25, -0.2) is 0 Å². The molecule has 0 atom stereocenters. The first-order chi connectivity index (χ1) is 10.1. The van der Waals surface area contributed by atoms with E-state index in [0.29, 0.717) is 17.2 Å². The van der Waals surface area contributed by atoms with E-state index in [-0.39, 0.29) is 24.8 Å². The second-order valence-electron chi connectivity index (χ2n) is 4.46. The number of nitrogens with zero attached hydrogens (tertiary/aromatic N) is 1. The van der Waals surface area contributed by atoms with E-state index in [4.69, 9.17) is 19.9 Å². The average Bonchev–Trinajstić information content (AvgIpc) is 2.93. The molecule has 0 saturated heterocycles. The van der Waals surface area contributed by atoms with Crippen molar-refractivity contribution in [1.82, 2.24) is 0 Å². The van der Waals surface area contributed by atoms with Crippen LogP contribution in [0.2, 0.25) is 0 Å². The molecule has 1 aliphatic heterocycles. The van der Waals surface area contributed by atoms with Crippen LogP contribution in [0.25, 0.3) is 0 Å². The Hall–Kier alpha value is -2.96. The molecule has 1 aliphatic rings. The summed E-state index contributed by atoms with van der Waals surface area (Å²) >= 11 is 0. The van der Waals surface area contributed by atoms with Crippen molar-refractivity contribution in [2.24, 2.45) is 0 Å². The highest BCUT2D eigenvalue weighted by Gasteiger charge is 2.14. The summed E-state index contributed by atoms with van der Waals surface area (Å²) in [6.45, 7) is 0.430. The van der Waals surface area contributed by atoms with Gasteiger partial charge in [0.1, 0.15) is 12.4 Å². The highest BCUT2D eigenvalue weighted by molar-refractivity contribution is 5.57. The van der Waals surface area contributed by atoms with E-state index in [9.17, 15) is 10.1 Å². The fourth-order valence-corrected chi connectivity index (χ4v) is 1.95. The highest BCUT2D eigenvalue weighted by Crippen LogP contribution is 2.33. The lowest BCUT2D eigenvalue weighted by Crippen LogP contribution is -2.00. The maximum Gasteiger partial charge on any atom is 0.273 e. The van der Waals surface area contributed by atoms with E-state index in [1.165, 1.54) is 18.2 Å². The van der Waals surface area contributed by atoms with Gasteiger partial charge < -0.3 is 19.9 Å². The third kappa shape index (κ3) is 2.66. The van der Waals surface area contributed by atoms with Crippen LogP contribution in [0.15, 0.2) is 36.4 Å². The van der Waals surface area contributed by atoms with Crippen LogP contribution < -0.4 is 19.9 Å². The zero-order valence-corrected chi connectivity index (χ0v) is 10.9. The van der Waals surface area contributed by atoms with Crippen molar-refractivity contribution in [2.45, 2.75) is 6.61 Å². The molecule has 7 nitrogen and oxygen atoms in total. The highest BCUT2D eigenvalue weighted by atomic mass is 16.7. The average molecular weight is 288 g/mol. The Balaban J connectivity index is 1.75. The lowest BCUT2D eigenvalue weighted by molar-refractivity contribution is -0.384. The molecule has 108 valence electrons. The smallest absolute Gasteiger partial charge is 0.273 e. The SMILES string of the molecule is Nc1ccc([N+](=O)[O-])cc1OCc1ccc2c(c1)OCO2. The minimum Gasteiger partial charge on any atom is -0.486 e. The molecule has 1 heterocycles. The molecule has 0 bridgehead atoms. The topological polar surface area (TPSA) is 96.9 Å². The first kappa shape index (κ1) is 13.0. The van der Waals surface area contributed by atoms with Crippen molar-refractivity contribution in [3.05, 3.63) is 52.1 Å². The molecule has 0 aliphatic carbocycles. The molecule has 0 unspecified atom stereocenters. The van der Waals surface area contributed by atoms with Crippen molar-refractivity contribution >= 4 is 11.4 Å². The molecule has 0 saturated carbocycles. The van der Waals surface area contributed by atoms with E-state index >= 15 is 0 Å². The quantitative estimate of drug-likeness (QED) is 0.527. The maximum absolute atomic E-state index is 10.7. The Morgan fingerprint density at radius 3 is 2.81 bits per heavy atom. The molecular weight excluding hydrogens is 276 g/mol. The predicted molar refractivity (Wildman–Crippen MR) is 74.4 cm³/mol. The van der Waals surface area contributed by atoms with Crippen LogP contribution in [-0.2, 0) is 6.61 Å². The van der Waals surface area contributed by atoms with Gasteiger partial charge in [0.05, 0.1) is 16.7 Å². The second-order valence-corrected chi connectivity index (χ2v) is 4.46. The first-order valence-corrected chi connectivity index (χ1v) is 6.19. The summed E-state index contributed by atoms with van der Waals surface area (Å²) in [7, 11) is 0. The van der Waals surface area contributed by atoms with E-state index < -0.39 is 4.92 Å². The number of rotatable bonds is 4. The van der Waals surface area contributed by atoms with E-state index in [1.54, 1.807) is 12.1 Å². The first-order valence-electron chi connectivity index (χ1n) is 6.19. The Morgan fingerprint density at radius 2 is 2.00 bits per heavy atom. The second kappa shape index (κ2) is 5.20. The van der Waals surface area contributed by atoms with Crippen LogP contribution in [0.5, 0.6) is 17.2 Å².